The van der Waals surface area contributed by atoms with Gasteiger partial charge in [-0.1, -0.05) is 6.92 Å². The van der Waals surface area contributed by atoms with Crippen molar-refractivity contribution < 1.29 is 13.2 Å². The van der Waals surface area contributed by atoms with Crippen LogP contribution < -0.4 is 0 Å². The maximum Gasteiger partial charge on any atom is 0.243 e. The molecule has 10 heteroatoms. The molecule has 0 saturated carbocycles. The minimum absolute atomic E-state index is 0.289. The van der Waals surface area contributed by atoms with Crippen LogP contribution in [-0.2, 0) is 40.8 Å². The molecule has 1 fully saturated rings. The molecule has 168 valence electrons. The number of ether oxygens (including phenoxy) is 1. The number of fused-ring (bicyclic) bond motifs is 1. The highest BCUT2D eigenvalue weighted by Gasteiger charge is 2.27. The zero-order valence-corrected chi connectivity index (χ0v) is 19.9. The van der Waals surface area contributed by atoms with Crippen molar-refractivity contribution in [3.8, 4) is 0 Å². The lowest BCUT2D eigenvalue weighted by Gasteiger charge is -2.26. The second kappa shape index (κ2) is 9.33. The molecule has 0 atom stereocenters. The Hall–Kier alpha value is -1.85. The van der Waals surface area contributed by atoms with Crippen molar-refractivity contribution in [1.82, 2.24) is 23.7 Å². The van der Waals surface area contributed by atoms with Gasteiger partial charge in [0.1, 0.15) is 5.82 Å². The molecular weight excluding hydrogens is 434 g/mol. The van der Waals surface area contributed by atoms with Crippen LogP contribution in [0.15, 0.2) is 28.5 Å². The second-order valence-electron chi connectivity index (χ2n) is 7.70. The molecule has 0 spiro atoms. The van der Waals surface area contributed by atoms with Crippen molar-refractivity contribution in [3.05, 3.63) is 40.1 Å². The van der Waals surface area contributed by atoms with E-state index in [1.54, 1.807) is 23.5 Å². The molecule has 8 nitrogen and oxygen atoms in total. The highest BCUT2D eigenvalue weighted by Crippen LogP contribution is 2.24. The zero-order valence-electron chi connectivity index (χ0n) is 18.2. The number of morpholine rings is 1. The first-order valence-electron chi connectivity index (χ1n) is 10.6. The number of hydrogen-bond donors (Lipinski definition) is 0. The smallest absolute Gasteiger partial charge is 0.243 e. The van der Waals surface area contributed by atoms with E-state index >= 15 is 0 Å². The van der Waals surface area contributed by atoms with Crippen molar-refractivity contribution in [1.29, 1.82) is 0 Å². The van der Waals surface area contributed by atoms with Crippen LogP contribution in [0.2, 0.25) is 0 Å². The van der Waals surface area contributed by atoms with Crippen LogP contribution in [0.5, 0.6) is 0 Å². The fourth-order valence-corrected chi connectivity index (χ4v) is 6.05. The number of nitrogens with zero attached hydrogens (tertiary/aromatic N) is 5. The third kappa shape index (κ3) is 4.68. The third-order valence-electron chi connectivity index (χ3n) is 5.47. The van der Waals surface area contributed by atoms with Gasteiger partial charge in [0.05, 0.1) is 46.4 Å². The molecule has 3 heterocycles. The van der Waals surface area contributed by atoms with Gasteiger partial charge in [0, 0.05) is 31.6 Å². The van der Waals surface area contributed by atoms with Crippen molar-refractivity contribution in [2.75, 3.05) is 33.4 Å². The number of imidazole rings is 1. The van der Waals surface area contributed by atoms with Crippen LogP contribution >= 0.6 is 11.3 Å². The van der Waals surface area contributed by atoms with Gasteiger partial charge >= 0.3 is 0 Å². The van der Waals surface area contributed by atoms with E-state index < -0.39 is 10.0 Å². The van der Waals surface area contributed by atoms with Gasteiger partial charge in [-0.2, -0.15) is 4.31 Å². The summed E-state index contributed by atoms with van der Waals surface area (Å²) >= 11 is 1.70. The summed E-state index contributed by atoms with van der Waals surface area (Å²) in [6.07, 6.45) is 0.954. The summed E-state index contributed by atoms with van der Waals surface area (Å²) in [6, 6.07) is 5.26. The first kappa shape index (κ1) is 22.3. The third-order valence-corrected chi connectivity index (χ3v) is 8.40. The molecule has 1 aliphatic heterocycles. The second-order valence-corrected chi connectivity index (χ2v) is 10.6. The van der Waals surface area contributed by atoms with Gasteiger partial charge in [0.25, 0.3) is 0 Å². The van der Waals surface area contributed by atoms with E-state index in [-0.39, 0.29) is 4.90 Å². The van der Waals surface area contributed by atoms with Crippen LogP contribution in [0.1, 0.15) is 30.4 Å². The van der Waals surface area contributed by atoms with Crippen LogP contribution in [-0.4, -0.2) is 65.5 Å². The predicted molar refractivity (Wildman–Crippen MR) is 122 cm³/mol. The molecule has 0 N–H and O–H groups in total. The number of sulfonamides is 1. The van der Waals surface area contributed by atoms with Gasteiger partial charge in [-0.05, 0) is 38.6 Å². The molecule has 0 unspecified atom stereocenters. The number of thiazole rings is 1. The minimum Gasteiger partial charge on any atom is -0.379 e. The molecule has 2 aromatic heterocycles. The number of rotatable bonds is 8. The fourth-order valence-electron chi connectivity index (χ4n) is 3.89. The van der Waals surface area contributed by atoms with Crippen molar-refractivity contribution >= 4 is 32.4 Å². The van der Waals surface area contributed by atoms with Gasteiger partial charge < -0.3 is 9.30 Å². The van der Waals surface area contributed by atoms with Crippen LogP contribution in [0, 0.1) is 0 Å². The van der Waals surface area contributed by atoms with Crippen molar-refractivity contribution in [2.24, 2.45) is 0 Å². The summed E-state index contributed by atoms with van der Waals surface area (Å²) < 4.78 is 35.0. The highest BCUT2D eigenvalue weighted by atomic mass is 32.2. The monoisotopic (exact) mass is 463 g/mol. The van der Waals surface area contributed by atoms with Gasteiger partial charge in [0.15, 0.2) is 0 Å². The van der Waals surface area contributed by atoms with Gasteiger partial charge in [0.2, 0.25) is 10.0 Å². The number of aromatic nitrogens is 3. The van der Waals surface area contributed by atoms with Gasteiger partial charge in [-0.15, -0.1) is 11.3 Å². The Morgan fingerprint density at radius 1 is 1.16 bits per heavy atom. The molecule has 1 aromatic carbocycles. The van der Waals surface area contributed by atoms with E-state index in [0.717, 1.165) is 41.6 Å². The maximum absolute atomic E-state index is 13.0. The molecule has 0 amide bonds. The molecule has 0 bridgehead atoms. The molecule has 31 heavy (non-hydrogen) atoms. The summed E-state index contributed by atoms with van der Waals surface area (Å²) in [5.41, 5.74) is 2.73. The molecule has 4 rings (SSSR count). The Bertz CT molecular complexity index is 1150. The van der Waals surface area contributed by atoms with E-state index in [4.69, 9.17) is 9.72 Å². The lowest BCUT2D eigenvalue weighted by atomic mass is 10.3. The largest absolute Gasteiger partial charge is 0.379 e. The molecule has 0 aliphatic carbocycles. The Labute approximate surface area is 187 Å². The lowest BCUT2D eigenvalue weighted by Crippen LogP contribution is -2.40. The van der Waals surface area contributed by atoms with E-state index in [1.165, 1.54) is 4.31 Å². The summed E-state index contributed by atoms with van der Waals surface area (Å²) in [5.74, 6) is 0.923. The zero-order chi connectivity index (χ0) is 22.0. The number of benzene rings is 1. The first-order valence-corrected chi connectivity index (χ1v) is 12.9. The minimum atomic E-state index is -3.54. The van der Waals surface area contributed by atoms with Gasteiger partial charge in [-0.25, -0.2) is 18.4 Å². The first-order chi connectivity index (χ1) is 14.9. The molecular formula is C21H29N5O3S2. The summed E-state index contributed by atoms with van der Waals surface area (Å²) in [6.45, 7) is 8.01. The average Bonchev–Trinajstić information content (AvgIpc) is 3.37. The average molecular weight is 464 g/mol. The normalized spacial score (nSPS) is 15.9. The molecule has 0 radical (unpaired) electrons. The van der Waals surface area contributed by atoms with Gasteiger partial charge in [-0.3, -0.25) is 4.90 Å². The Morgan fingerprint density at radius 2 is 1.94 bits per heavy atom. The Morgan fingerprint density at radius 3 is 2.61 bits per heavy atom. The van der Waals surface area contributed by atoms with Crippen LogP contribution in [0.3, 0.4) is 0 Å². The van der Waals surface area contributed by atoms with Crippen molar-refractivity contribution in [3.63, 3.8) is 0 Å². The molecule has 1 aliphatic rings. The van der Waals surface area contributed by atoms with E-state index in [1.807, 2.05) is 6.07 Å². The van der Waals surface area contributed by atoms with Crippen LogP contribution in [0.4, 0.5) is 0 Å². The SMILES string of the molecule is CCc1nc(CN(C)Cc2nc3cc(S(=O)(=O)N4CCOCC4)ccc3n2CC)cs1. The lowest BCUT2D eigenvalue weighted by molar-refractivity contribution is 0.0730. The predicted octanol–water partition coefficient (Wildman–Crippen LogP) is 2.73. The van der Waals surface area contributed by atoms with Crippen molar-refractivity contribution in [2.45, 2.75) is 44.8 Å². The van der Waals surface area contributed by atoms with E-state index in [0.29, 0.717) is 38.4 Å². The quantitative estimate of drug-likeness (QED) is 0.511. The Kier molecular flexibility index (Phi) is 6.73. The standard InChI is InChI=1S/C21H29N5O3S2/c1-4-21-22-16(15-30-21)13-24(3)14-20-23-18-12-17(6-7-19(18)26(20)5-2)31(27,28)25-8-10-29-11-9-25/h6-7,12,15H,4-5,8-11,13-14H2,1-3H3. The van der Waals surface area contributed by atoms with E-state index in [2.05, 4.69) is 40.7 Å². The number of aryl methyl sites for hydroxylation is 2. The maximum atomic E-state index is 13.0. The highest BCUT2D eigenvalue weighted by molar-refractivity contribution is 7.89. The van der Waals surface area contributed by atoms with E-state index in [9.17, 15) is 8.42 Å². The number of hydrogen-bond acceptors (Lipinski definition) is 7. The molecule has 1 saturated heterocycles. The molecule has 3 aromatic rings. The summed E-state index contributed by atoms with van der Waals surface area (Å²) in [5, 5.41) is 3.26. The fraction of sp³-hybridized carbons (Fsp3) is 0.524. The Balaban J connectivity index is 1.58. The summed E-state index contributed by atoms with van der Waals surface area (Å²) in [4.78, 5) is 11.9. The topological polar surface area (TPSA) is 80.6 Å². The van der Waals surface area contributed by atoms with Crippen LogP contribution in [0.25, 0.3) is 11.0 Å². The summed E-state index contributed by atoms with van der Waals surface area (Å²) in [7, 11) is -1.49.